The zero-order chi connectivity index (χ0) is 13.8. The van der Waals surface area contributed by atoms with Crippen LogP contribution < -0.4 is 5.73 Å². The van der Waals surface area contributed by atoms with Crippen molar-refractivity contribution < 1.29 is 4.74 Å². The van der Waals surface area contributed by atoms with Gasteiger partial charge in [-0.15, -0.1) is 11.3 Å². The van der Waals surface area contributed by atoms with Gasteiger partial charge < -0.3 is 10.5 Å². The highest BCUT2D eigenvalue weighted by Gasteiger charge is 2.27. The van der Waals surface area contributed by atoms with Gasteiger partial charge in [0.15, 0.2) is 0 Å². The van der Waals surface area contributed by atoms with E-state index in [1.165, 1.54) is 11.3 Å². The molecular formula is C13H18ClN3OS. The summed E-state index contributed by atoms with van der Waals surface area (Å²) in [6.45, 7) is 5.65. The summed E-state index contributed by atoms with van der Waals surface area (Å²) >= 11 is 7.51. The van der Waals surface area contributed by atoms with Gasteiger partial charge in [-0.2, -0.15) is 4.99 Å². The Morgan fingerprint density at radius 2 is 2.26 bits per heavy atom. The number of thiophene rings is 1. The van der Waals surface area contributed by atoms with Crippen molar-refractivity contribution in [1.82, 2.24) is 4.90 Å². The van der Waals surface area contributed by atoms with E-state index in [9.17, 15) is 0 Å². The molecule has 19 heavy (non-hydrogen) atoms. The van der Waals surface area contributed by atoms with Gasteiger partial charge in [0, 0.05) is 18.3 Å². The standard InChI is InChI=1S/C13H18ClN3OS/c1-3-5-17-10(8-15)9-7-11(14)19-12(9)16-13(17)18-6-4-2/h7-8H,3-6,15H2,1-2H3/b10-8+. The van der Waals surface area contributed by atoms with Gasteiger partial charge >= 0.3 is 0 Å². The Balaban J connectivity index is 2.41. The average Bonchev–Trinajstić information content (AvgIpc) is 2.76. The van der Waals surface area contributed by atoms with Gasteiger partial charge in [0.25, 0.3) is 6.02 Å². The van der Waals surface area contributed by atoms with Crippen molar-refractivity contribution >= 4 is 39.7 Å². The van der Waals surface area contributed by atoms with Crippen LogP contribution >= 0.6 is 22.9 Å². The zero-order valence-corrected chi connectivity index (χ0v) is 12.7. The van der Waals surface area contributed by atoms with Crippen LogP contribution in [0.5, 0.6) is 0 Å². The Bertz CT molecular complexity index is 510. The number of halogens is 1. The molecule has 1 aromatic heterocycles. The van der Waals surface area contributed by atoms with Gasteiger partial charge in [-0.3, -0.25) is 4.90 Å². The Kier molecular flexibility index (Phi) is 4.71. The van der Waals surface area contributed by atoms with Crippen molar-refractivity contribution in [3.63, 3.8) is 0 Å². The van der Waals surface area contributed by atoms with E-state index in [1.54, 1.807) is 6.20 Å². The number of nitrogens with two attached hydrogens (primary N) is 1. The molecule has 0 spiro atoms. The molecule has 0 aromatic carbocycles. The molecule has 0 saturated heterocycles. The van der Waals surface area contributed by atoms with Crippen molar-refractivity contribution in [3.05, 3.63) is 22.2 Å². The summed E-state index contributed by atoms with van der Waals surface area (Å²) in [6.07, 6.45) is 3.53. The molecule has 0 amide bonds. The second-order valence-electron chi connectivity index (χ2n) is 4.22. The number of nitrogens with zero attached hydrogens (tertiary/aromatic N) is 2. The molecule has 0 aliphatic carbocycles. The van der Waals surface area contributed by atoms with Crippen LogP contribution in [0.3, 0.4) is 0 Å². The first kappa shape index (κ1) is 14.2. The lowest BCUT2D eigenvalue weighted by Crippen LogP contribution is -2.34. The summed E-state index contributed by atoms with van der Waals surface area (Å²) < 4.78 is 6.45. The van der Waals surface area contributed by atoms with E-state index in [0.29, 0.717) is 17.0 Å². The number of ether oxygens (including phenoxy) is 1. The number of hydrogen-bond acceptors (Lipinski definition) is 5. The topological polar surface area (TPSA) is 50.9 Å². The number of aliphatic imine (C=N–C) groups is 1. The summed E-state index contributed by atoms with van der Waals surface area (Å²) in [5, 5.41) is 0.861. The first-order chi connectivity index (χ1) is 9.21. The van der Waals surface area contributed by atoms with Crippen LogP contribution in [0.2, 0.25) is 4.34 Å². The van der Waals surface area contributed by atoms with Crippen molar-refractivity contribution in [2.45, 2.75) is 26.7 Å². The van der Waals surface area contributed by atoms with Crippen molar-refractivity contribution in [1.29, 1.82) is 0 Å². The molecule has 104 valence electrons. The molecule has 0 fully saturated rings. The third kappa shape index (κ3) is 2.87. The Hall–Kier alpha value is -1.20. The van der Waals surface area contributed by atoms with Crippen LogP contribution in [-0.4, -0.2) is 24.1 Å². The molecule has 2 heterocycles. The minimum Gasteiger partial charge on any atom is -0.465 e. The number of rotatable bonds is 4. The molecule has 0 bridgehead atoms. The highest BCUT2D eigenvalue weighted by molar-refractivity contribution is 7.20. The fraction of sp³-hybridized carbons (Fsp3) is 0.462. The van der Waals surface area contributed by atoms with E-state index >= 15 is 0 Å². The highest BCUT2D eigenvalue weighted by Crippen LogP contribution is 2.42. The molecule has 4 nitrogen and oxygen atoms in total. The quantitative estimate of drug-likeness (QED) is 0.920. The summed E-state index contributed by atoms with van der Waals surface area (Å²) in [4.78, 5) is 6.57. The van der Waals surface area contributed by atoms with Crippen LogP contribution in [0.15, 0.2) is 17.3 Å². The Labute approximate surface area is 122 Å². The van der Waals surface area contributed by atoms with E-state index < -0.39 is 0 Å². The number of fused-ring (bicyclic) bond motifs is 1. The van der Waals surface area contributed by atoms with E-state index in [-0.39, 0.29) is 0 Å². The van der Waals surface area contributed by atoms with Crippen LogP contribution in [0.4, 0.5) is 5.00 Å². The second-order valence-corrected chi connectivity index (χ2v) is 5.88. The maximum atomic E-state index is 6.07. The van der Waals surface area contributed by atoms with Crippen LogP contribution in [0.1, 0.15) is 32.3 Å². The lowest BCUT2D eigenvalue weighted by molar-refractivity contribution is 0.257. The Morgan fingerprint density at radius 3 is 2.89 bits per heavy atom. The molecule has 0 saturated carbocycles. The second kappa shape index (κ2) is 6.30. The first-order valence-electron chi connectivity index (χ1n) is 6.41. The molecular weight excluding hydrogens is 282 g/mol. The minimum atomic E-state index is 0.617. The number of hydrogen-bond donors (Lipinski definition) is 1. The predicted molar refractivity (Wildman–Crippen MR) is 81.8 cm³/mol. The molecule has 1 aromatic rings. The molecule has 0 unspecified atom stereocenters. The normalized spacial score (nSPS) is 16.5. The zero-order valence-electron chi connectivity index (χ0n) is 11.1. The number of amidine groups is 1. The molecule has 2 rings (SSSR count). The molecule has 1 aliphatic heterocycles. The lowest BCUT2D eigenvalue weighted by Gasteiger charge is -2.30. The van der Waals surface area contributed by atoms with E-state index in [0.717, 1.165) is 35.6 Å². The van der Waals surface area contributed by atoms with E-state index in [1.807, 2.05) is 11.0 Å². The van der Waals surface area contributed by atoms with Crippen LogP contribution in [0.25, 0.3) is 5.70 Å². The van der Waals surface area contributed by atoms with E-state index in [4.69, 9.17) is 22.1 Å². The molecule has 0 radical (unpaired) electrons. The van der Waals surface area contributed by atoms with Gasteiger partial charge in [-0.05, 0) is 18.9 Å². The van der Waals surface area contributed by atoms with E-state index in [2.05, 4.69) is 18.8 Å². The average molecular weight is 300 g/mol. The van der Waals surface area contributed by atoms with Gasteiger partial charge in [0.1, 0.15) is 5.00 Å². The van der Waals surface area contributed by atoms with Crippen LogP contribution in [-0.2, 0) is 4.74 Å². The molecule has 0 atom stereocenters. The van der Waals surface area contributed by atoms with Crippen molar-refractivity contribution in [2.75, 3.05) is 13.2 Å². The molecule has 6 heteroatoms. The monoisotopic (exact) mass is 299 g/mol. The maximum absolute atomic E-state index is 6.07. The fourth-order valence-corrected chi connectivity index (χ4v) is 3.02. The Morgan fingerprint density at radius 1 is 1.47 bits per heavy atom. The van der Waals surface area contributed by atoms with Crippen molar-refractivity contribution in [2.24, 2.45) is 10.7 Å². The third-order valence-electron chi connectivity index (χ3n) is 2.72. The molecule has 2 N–H and O–H groups in total. The largest absolute Gasteiger partial charge is 0.465 e. The maximum Gasteiger partial charge on any atom is 0.298 e. The fourth-order valence-electron chi connectivity index (χ4n) is 1.94. The SMILES string of the molecule is CCCOC1=Nc2sc(Cl)cc2/C(=C\N)N1CCC. The van der Waals surface area contributed by atoms with Gasteiger partial charge in [0.2, 0.25) is 0 Å². The third-order valence-corrected chi connectivity index (χ3v) is 3.88. The summed E-state index contributed by atoms with van der Waals surface area (Å²) in [7, 11) is 0. The summed E-state index contributed by atoms with van der Waals surface area (Å²) in [5.74, 6) is 0. The first-order valence-corrected chi connectivity index (χ1v) is 7.61. The smallest absolute Gasteiger partial charge is 0.298 e. The summed E-state index contributed by atoms with van der Waals surface area (Å²) in [6, 6.07) is 2.52. The van der Waals surface area contributed by atoms with Crippen molar-refractivity contribution in [3.8, 4) is 0 Å². The predicted octanol–water partition coefficient (Wildman–Crippen LogP) is 3.80. The minimum absolute atomic E-state index is 0.617. The molecule has 1 aliphatic rings. The van der Waals surface area contributed by atoms with Gasteiger partial charge in [-0.25, -0.2) is 0 Å². The van der Waals surface area contributed by atoms with Gasteiger partial charge in [-0.1, -0.05) is 25.4 Å². The summed E-state index contributed by atoms with van der Waals surface area (Å²) in [5.41, 5.74) is 7.69. The van der Waals surface area contributed by atoms with Gasteiger partial charge in [0.05, 0.1) is 16.6 Å². The van der Waals surface area contributed by atoms with Crippen LogP contribution in [0, 0.1) is 0 Å². The highest BCUT2D eigenvalue weighted by atomic mass is 35.5. The lowest BCUT2D eigenvalue weighted by atomic mass is 10.2.